The van der Waals surface area contributed by atoms with Crippen molar-refractivity contribution in [2.24, 2.45) is 11.7 Å². The number of carbonyl (C=O) groups excluding carboxylic acids is 1. The first-order valence-electron chi connectivity index (χ1n) is 6.70. The van der Waals surface area contributed by atoms with Crippen molar-refractivity contribution in [3.8, 4) is 0 Å². The van der Waals surface area contributed by atoms with Crippen molar-refractivity contribution >= 4 is 6.09 Å². The second-order valence-corrected chi connectivity index (χ2v) is 6.18. The number of hydrogen-bond acceptors (Lipinski definition) is 3. The Hall–Kier alpha value is -0.910. The van der Waals surface area contributed by atoms with Gasteiger partial charge in [-0.1, -0.05) is 0 Å². The first-order valence-corrected chi connectivity index (χ1v) is 6.70. The Kier molecular flexibility index (Phi) is 5.12. The van der Waals surface area contributed by atoms with Crippen molar-refractivity contribution in [2.45, 2.75) is 64.0 Å². The van der Waals surface area contributed by atoms with Crippen LogP contribution in [0.4, 0.5) is 13.6 Å². The van der Waals surface area contributed by atoms with Crippen LogP contribution in [0.5, 0.6) is 0 Å². The van der Waals surface area contributed by atoms with Crippen molar-refractivity contribution < 1.29 is 18.3 Å². The van der Waals surface area contributed by atoms with E-state index in [0.717, 1.165) is 0 Å². The Morgan fingerprint density at radius 2 is 1.95 bits per heavy atom. The molecule has 0 aromatic rings. The highest BCUT2D eigenvalue weighted by atomic mass is 19.3. The predicted molar refractivity (Wildman–Crippen MR) is 69.1 cm³/mol. The van der Waals surface area contributed by atoms with Gasteiger partial charge in [0, 0.05) is 25.4 Å². The molecule has 0 spiro atoms. The standard InChI is InChI=1S/C13H24F2N2O2/c1-12(2,3)19-11(18)17-10(8-16)9-4-6-13(14,15)7-5-9/h9-10H,4-8,16H2,1-3H3,(H,17,18). The van der Waals surface area contributed by atoms with Gasteiger partial charge in [-0.05, 0) is 39.5 Å². The Balaban J connectivity index is 2.48. The lowest BCUT2D eigenvalue weighted by atomic mass is 9.82. The van der Waals surface area contributed by atoms with E-state index in [2.05, 4.69) is 5.32 Å². The van der Waals surface area contributed by atoms with E-state index in [1.165, 1.54) is 0 Å². The summed E-state index contributed by atoms with van der Waals surface area (Å²) in [4.78, 5) is 11.7. The van der Waals surface area contributed by atoms with Gasteiger partial charge in [-0.25, -0.2) is 13.6 Å². The van der Waals surface area contributed by atoms with Gasteiger partial charge in [-0.3, -0.25) is 0 Å². The fraction of sp³-hybridized carbons (Fsp3) is 0.923. The maximum atomic E-state index is 13.1. The zero-order chi connectivity index (χ0) is 14.7. The van der Waals surface area contributed by atoms with Gasteiger partial charge in [0.05, 0.1) is 0 Å². The molecule has 0 bridgehead atoms. The van der Waals surface area contributed by atoms with E-state index in [1.807, 2.05) is 0 Å². The molecular weight excluding hydrogens is 254 g/mol. The van der Waals surface area contributed by atoms with Crippen LogP contribution in [0.3, 0.4) is 0 Å². The van der Waals surface area contributed by atoms with Gasteiger partial charge in [0.15, 0.2) is 0 Å². The number of hydrogen-bond donors (Lipinski definition) is 2. The van der Waals surface area contributed by atoms with E-state index in [4.69, 9.17) is 10.5 Å². The molecule has 1 unspecified atom stereocenters. The zero-order valence-electron chi connectivity index (χ0n) is 11.8. The molecule has 0 aromatic carbocycles. The van der Waals surface area contributed by atoms with E-state index >= 15 is 0 Å². The fourth-order valence-corrected chi connectivity index (χ4v) is 2.29. The molecule has 1 fully saturated rings. The lowest BCUT2D eigenvalue weighted by Crippen LogP contribution is -2.48. The topological polar surface area (TPSA) is 64.3 Å². The Labute approximate surface area is 113 Å². The van der Waals surface area contributed by atoms with Gasteiger partial charge in [0.1, 0.15) is 5.60 Å². The minimum Gasteiger partial charge on any atom is -0.444 e. The number of nitrogens with one attached hydrogen (secondary N) is 1. The van der Waals surface area contributed by atoms with Crippen LogP contribution in [0.15, 0.2) is 0 Å². The average Bonchev–Trinajstić information content (AvgIpc) is 2.24. The summed E-state index contributed by atoms with van der Waals surface area (Å²) < 4.78 is 31.3. The molecule has 1 rings (SSSR count). The third-order valence-electron chi connectivity index (χ3n) is 3.29. The lowest BCUT2D eigenvalue weighted by Gasteiger charge is -2.34. The van der Waals surface area contributed by atoms with Crippen LogP contribution in [-0.4, -0.2) is 30.2 Å². The first kappa shape index (κ1) is 16.1. The molecule has 1 atom stereocenters. The monoisotopic (exact) mass is 278 g/mol. The number of rotatable bonds is 3. The maximum Gasteiger partial charge on any atom is 0.407 e. The second-order valence-electron chi connectivity index (χ2n) is 6.18. The molecule has 0 saturated heterocycles. The summed E-state index contributed by atoms with van der Waals surface area (Å²) in [5, 5.41) is 2.69. The van der Waals surface area contributed by atoms with Crippen molar-refractivity contribution in [3.63, 3.8) is 0 Å². The van der Waals surface area contributed by atoms with E-state index < -0.39 is 17.6 Å². The molecule has 0 radical (unpaired) electrons. The SMILES string of the molecule is CC(C)(C)OC(=O)NC(CN)C1CCC(F)(F)CC1. The summed E-state index contributed by atoms with van der Waals surface area (Å²) in [7, 11) is 0. The molecule has 1 amide bonds. The molecular formula is C13H24F2N2O2. The van der Waals surface area contributed by atoms with Crippen LogP contribution >= 0.6 is 0 Å². The van der Waals surface area contributed by atoms with Crippen LogP contribution in [0.1, 0.15) is 46.5 Å². The number of nitrogens with two attached hydrogens (primary N) is 1. The summed E-state index contributed by atoms with van der Waals surface area (Å²) in [6.07, 6.45) is -0.0517. The highest BCUT2D eigenvalue weighted by Gasteiger charge is 2.37. The van der Waals surface area contributed by atoms with Crippen LogP contribution in [0.25, 0.3) is 0 Å². The van der Waals surface area contributed by atoms with E-state index in [1.54, 1.807) is 20.8 Å². The highest BCUT2D eigenvalue weighted by Crippen LogP contribution is 2.37. The van der Waals surface area contributed by atoms with Gasteiger partial charge >= 0.3 is 6.09 Å². The minimum absolute atomic E-state index is 0.00265. The van der Waals surface area contributed by atoms with Crippen molar-refractivity contribution in [3.05, 3.63) is 0 Å². The molecule has 1 aliphatic rings. The Morgan fingerprint density at radius 1 is 1.42 bits per heavy atom. The first-order chi connectivity index (χ1) is 8.63. The molecule has 0 aromatic heterocycles. The molecule has 4 nitrogen and oxygen atoms in total. The summed E-state index contributed by atoms with van der Waals surface area (Å²) in [6.45, 7) is 5.54. The molecule has 3 N–H and O–H groups in total. The quantitative estimate of drug-likeness (QED) is 0.834. The van der Waals surface area contributed by atoms with Gasteiger partial charge < -0.3 is 15.8 Å². The maximum absolute atomic E-state index is 13.1. The average molecular weight is 278 g/mol. The lowest BCUT2D eigenvalue weighted by molar-refractivity contribution is -0.0493. The highest BCUT2D eigenvalue weighted by molar-refractivity contribution is 5.68. The molecule has 1 aliphatic carbocycles. The summed E-state index contributed by atoms with van der Waals surface area (Å²) in [5.74, 6) is -2.57. The number of carbonyl (C=O) groups is 1. The van der Waals surface area contributed by atoms with Gasteiger partial charge in [0.25, 0.3) is 0 Å². The van der Waals surface area contributed by atoms with Crippen molar-refractivity contribution in [1.29, 1.82) is 0 Å². The molecule has 19 heavy (non-hydrogen) atoms. The summed E-state index contributed by atoms with van der Waals surface area (Å²) >= 11 is 0. The van der Waals surface area contributed by atoms with E-state index in [9.17, 15) is 13.6 Å². The zero-order valence-corrected chi connectivity index (χ0v) is 11.8. The number of alkyl halides is 2. The fourth-order valence-electron chi connectivity index (χ4n) is 2.29. The smallest absolute Gasteiger partial charge is 0.407 e. The van der Waals surface area contributed by atoms with Crippen molar-refractivity contribution in [2.75, 3.05) is 6.54 Å². The predicted octanol–water partition coefficient (Wildman–Crippen LogP) is 2.66. The number of halogens is 2. The summed E-state index contributed by atoms with van der Waals surface area (Å²) in [6, 6.07) is -0.300. The van der Waals surface area contributed by atoms with Gasteiger partial charge in [-0.15, -0.1) is 0 Å². The Bertz CT molecular complexity index is 306. The number of amides is 1. The molecule has 1 saturated carbocycles. The van der Waals surface area contributed by atoms with Crippen LogP contribution in [-0.2, 0) is 4.74 Å². The van der Waals surface area contributed by atoms with Crippen molar-refractivity contribution in [1.82, 2.24) is 5.32 Å². The second kappa shape index (κ2) is 6.03. The molecule has 0 aliphatic heterocycles. The molecule has 0 heterocycles. The van der Waals surface area contributed by atoms with Crippen LogP contribution in [0.2, 0.25) is 0 Å². The van der Waals surface area contributed by atoms with Gasteiger partial charge in [-0.2, -0.15) is 0 Å². The minimum atomic E-state index is -2.57. The van der Waals surface area contributed by atoms with Crippen LogP contribution < -0.4 is 11.1 Å². The van der Waals surface area contributed by atoms with Crippen LogP contribution in [0, 0.1) is 5.92 Å². The Morgan fingerprint density at radius 3 is 2.37 bits per heavy atom. The molecule has 112 valence electrons. The largest absolute Gasteiger partial charge is 0.444 e. The third-order valence-corrected chi connectivity index (χ3v) is 3.29. The third kappa shape index (κ3) is 5.72. The van der Waals surface area contributed by atoms with Gasteiger partial charge in [0.2, 0.25) is 5.92 Å². The normalized spacial score (nSPS) is 21.8. The van der Waals surface area contributed by atoms with E-state index in [-0.39, 0.29) is 31.3 Å². The number of ether oxygens (including phenoxy) is 1. The summed E-state index contributed by atoms with van der Waals surface area (Å²) in [5.41, 5.74) is 5.04. The molecule has 6 heteroatoms. The van der Waals surface area contributed by atoms with E-state index in [0.29, 0.717) is 12.8 Å². The number of alkyl carbamates (subject to hydrolysis) is 1.